The van der Waals surface area contributed by atoms with Crippen molar-refractivity contribution in [2.75, 3.05) is 20.2 Å². The maximum absolute atomic E-state index is 14.4. The second kappa shape index (κ2) is 17.0. The second-order valence-electron chi connectivity index (χ2n) is 11.1. The molecule has 0 saturated carbocycles. The van der Waals surface area contributed by atoms with Crippen LogP contribution in [-0.4, -0.2) is 65.7 Å². The summed E-state index contributed by atoms with van der Waals surface area (Å²) in [6, 6.07) is 13.1. The third-order valence-electron chi connectivity index (χ3n) is 6.44. The summed E-state index contributed by atoms with van der Waals surface area (Å²) in [5, 5.41) is 15.5. The summed E-state index contributed by atoms with van der Waals surface area (Å²) in [5.74, 6) is -1.85. The van der Waals surface area contributed by atoms with Gasteiger partial charge < -0.3 is 30.1 Å². The van der Waals surface area contributed by atoms with Crippen LogP contribution in [0.15, 0.2) is 54.6 Å². The normalized spacial score (nSPS) is 12.5. The number of alkyl carbamates (subject to hydrolysis) is 1. The lowest BCUT2D eigenvalue weighted by Gasteiger charge is -2.34. The highest BCUT2D eigenvalue weighted by Gasteiger charge is 2.36. The molecule has 0 saturated heterocycles. The first kappa shape index (κ1) is 34.1. The van der Waals surface area contributed by atoms with Crippen LogP contribution in [0.25, 0.3) is 0 Å². The number of methoxy groups -OCH3 is 1. The van der Waals surface area contributed by atoms with Gasteiger partial charge in [-0.25, -0.2) is 4.79 Å². The molecule has 2 aromatic rings. The zero-order chi connectivity index (χ0) is 31.1. The van der Waals surface area contributed by atoms with E-state index in [0.29, 0.717) is 12.0 Å². The molecule has 0 aliphatic rings. The van der Waals surface area contributed by atoms with Crippen molar-refractivity contribution in [1.82, 2.24) is 15.5 Å². The molecule has 0 aliphatic carbocycles. The Bertz CT molecular complexity index is 1160. The van der Waals surface area contributed by atoms with Gasteiger partial charge in [0, 0.05) is 13.0 Å². The van der Waals surface area contributed by atoms with E-state index in [1.54, 1.807) is 32.9 Å². The Hall–Kier alpha value is -4.08. The highest BCUT2D eigenvalue weighted by molar-refractivity contribution is 5.93. The van der Waals surface area contributed by atoms with Crippen LogP contribution in [0.5, 0.6) is 5.75 Å². The van der Waals surface area contributed by atoms with Gasteiger partial charge in [0.15, 0.2) is 0 Å². The molecule has 3 amide bonds. The molecule has 0 aliphatic heterocycles. The number of benzene rings is 2. The number of carbonyl (C=O) groups is 4. The highest BCUT2D eigenvalue weighted by Crippen LogP contribution is 2.27. The van der Waals surface area contributed by atoms with Gasteiger partial charge >= 0.3 is 12.1 Å². The summed E-state index contributed by atoms with van der Waals surface area (Å²) in [6.45, 7) is 7.10. The summed E-state index contributed by atoms with van der Waals surface area (Å²) in [5.41, 5.74) is 0.371. The van der Waals surface area contributed by atoms with Gasteiger partial charge in [-0.1, -0.05) is 75.1 Å². The van der Waals surface area contributed by atoms with Crippen LogP contribution in [-0.2, 0) is 30.3 Å². The molecule has 0 aromatic heterocycles. The van der Waals surface area contributed by atoms with Crippen molar-refractivity contribution < 1.29 is 33.8 Å². The Morgan fingerprint density at radius 3 is 2.26 bits per heavy atom. The molecule has 2 atom stereocenters. The average molecular weight is 584 g/mol. The number of unbranched alkanes of at least 4 members (excludes halogenated alkanes) is 4. The van der Waals surface area contributed by atoms with E-state index in [1.807, 2.05) is 30.3 Å². The van der Waals surface area contributed by atoms with Crippen molar-refractivity contribution >= 4 is 23.9 Å². The zero-order valence-corrected chi connectivity index (χ0v) is 25.4. The van der Waals surface area contributed by atoms with Crippen LogP contribution in [0.4, 0.5) is 4.79 Å². The minimum absolute atomic E-state index is 0.0821. The minimum atomic E-state index is -1.20. The maximum Gasteiger partial charge on any atom is 0.408 e. The van der Waals surface area contributed by atoms with Crippen LogP contribution >= 0.6 is 0 Å². The zero-order valence-electron chi connectivity index (χ0n) is 25.4. The Balaban J connectivity index is 2.53. The Morgan fingerprint density at radius 1 is 0.952 bits per heavy atom. The predicted molar refractivity (Wildman–Crippen MR) is 160 cm³/mol. The summed E-state index contributed by atoms with van der Waals surface area (Å²) in [7, 11) is 1.21. The van der Waals surface area contributed by atoms with Gasteiger partial charge in [-0.2, -0.15) is 0 Å². The Kier molecular flexibility index (Phi) is 13.8. The number of hydrogen-bond donors (Lipinski definition) is 3. The first-order valence-electron chi connectivity index (χ1n) is 14.4. The molecule has 0 radical (unpaired) electrons. The smallest absolute Gasteiger partial charge is 0.408 e. The predicted octanol–water partition coefficient (Wildman–Crippen LogP) is 4.66. The largest absolute Gasteiger partial charge is 0.508 e. The summed E-state index contributed by atoms with van der Waals surface area (Å²) < 4.78 is 10.1. The van der Waals surface area contributed by atoms with Crippen LogP contribution in [0.2, 0.25) is 0 Å². The Morgan fingerprint density at radius 2 is 1.64 bits per heavy atom. The number of nitrogens with zero attached hydrogens (tertiary/aromatic N) is 1. The van der Waals surface area contributed by atoms with E-state index in [9.17, 15) is 24.3 Å². The fraction of sp³-hybridized carbons (Fsp3) is 0.500. The van der Waals surface area contributed by atoms with Gasteiger partial charge in [0.25, 0.3) is 0 Å². The van der Waals surface area contributed by atoms with E-state index >= 15 is 0 Å². The quantitative estimate of drug-likeness (QED) is 0.205. The fourth-order valence-corrected chi connectivity index (χ4v) is 4.45. The van der Waals surface area contributed by atoms with Gasteiger partial charge in [-0.15, -0.1) is 0 Å². The number of ether oxygens (including phenoxy) is 2. The van der Waals surface area contributed by atoms with Gasteiger partial charge in [-0.05, 0) is 50.5 Å². The molecule has 2 rings (SSSR count). The van der Waals surface area contributed by atoms with E-state index in [-0.39, 0.29) is 18.7 Å². The van der Waals surface area contributed by atoms with Gasteiger partial charge in [0.05, 0.1) is 7.11 Å². The lowest BCUT2D eigenvalue weighted by atomic mass is 9.99. The van der Waals surface area contributed by atoms with E-state index in [0.717, 1.165) is 31.2 Å². The van der Waals surface area contributed by atoms with E-state index in [1.165, 1.54) is 24.1 Å². The van der Waals surface area contributed by atoms with Crippen molar-refractivity contribution in [1.29, 1.82) is 0 Å². The molecule has 3 N–H and O–H groups in total. The molecule has 0 bridgehead atoms. The van der Waals surface area contributed by atoms with Crippen molar-refractivity contribution in [2.45, 2.75) is 83.9 Å². The molecule has 42 heavy (non-hydrogen) atoms. The van der Waals surface area contributed by atoms with E-state index in [4.69, 9.17) is 4.74 Å². The molecule has 2 unspecified atom stereocenters. The van der Waals surface area contributed by atoms with Crippen LogP contribution in [0, 0.1) is 0 Å². The number of phenols is 1. The number of nitrogens with one attached hydrogen (secondary N) is 2. The summed E-state index contributed by atoms with van der Waals surface area (Å²) >= 11 is 0. The van der Waals surface area contributed by atoms with Crippen LogP contribution in [0.1, 0.15) is 77.0 Å². The Labute approximate surface area is 248 Å². The first-order chi connectivity index (χ1) is 19.9. The fourth-order valence-electron chi connectivity index (χ4n) is 4.45. The second-order valence-corrected chi connectivity index (χ2v) is 11.1. The number of esters is 1. The molecule has 0 heterocycles. The van der Waals surface area contributed by atoms with Gasteiger partial charge in [0.1, 0.15) is 30.0 Å². The standard InChI is InChI=1S/C32H45N3O7/c1-6-7-8-9-13-19-35(28(24-17-14-18-25(36)21-24)29(38)33-22-27(37)41-5)30(39)26(20-23-15-11-10-12-16-23)34-31(40)42-32(2,3)4/h10-12,14-18,21,26,28,36H,6-9,13,19-20,22H2,1-5H3,(H,33,38)(H,34,40). The molecule has 0 spiro atoms. The molecular weight excluding hydrogens is 538 g/mol. The van der Waals surface area contributed by atoms with E-state index in [2.05, 4.69) is 22.3 Å². The van der Waals surface area contributed by atoms with Crippen LogP contribution in [0.3, 0.4) is 0 Å². The SMILES string of the molecule is CCCCCCCN(C(=O)C(Cc1ccccc1)NC(=O)OC(C)(C)C)C(C(=O)NCC(=O)OC)c1cccc(O)c1. The third-order valence-corrected chi connectivity index (χ3v) is 6.44. The average Bonchev–Trinajstić information content (AvgIpc) is 2.94. The molecule has 10 nitrogen and oxygen atoms in total. The first-order valence-corrected chi connectivity index (χ1v) is 14.4. The molecule has 2 aromatic carbocycles. The van der Waals surface area contributed by atoms with Gasteiger partial charge in [0.2, 0.25) is 11.8 Å². The van der Waals surface area contributed by atoms with Crippen molar-refractivity contribution in [3.8, 4) is 5.75 Å². The molecular formula is C32H45N3O7. The highest BCUT2D eigenvalue weighted by atomic mass is 16.6. The monoisotopic (exact) mass is 583 g/mol. The van der Waals surface area contributed by atoms with Crippen molar-refractivity contribution in [3.63, 3.8) is 0 Å². The molecule has 10 heteroatoms. The third kappa shape index (κ3) is 11.8. The van der Waals surface area contributed by atoms with E-state index < -0.39 is 48.1 Å². The lowest BCUT2D eigenvalue weighted by molar-refractivity contribution is -0.144. The topological polar surface area (TPSA) is 134 Å². The minimum Gasteiger partial charge on any atom is -0.508 e. The van der Waals surface area contributed by atoms with Crippen molar-refractivity contribution in [3.05, 3.63) is 65.7 Å². The number of hydrogen-bond acceptors (Lipinski definition) is 7. The molecule has 0 fully saturated rings. The summed E-state index contributed by atoms with van der Waals surface area (Å²) in [4.78, 5) is 54.2. The number of phenolic OH excluding ortho intramolecular Hbond substituents is 1. The lowest BCUT2D eigenvalue weighted by Crippen LogP contribution is -2.54. The number of carbonyl (C=O) groups excluding carboxylic acids is 4. The number of rotatable bonds is 15. The van der Waals surface area contributed by atoms with Gasteiger partial charge in [-0.3, -0.25) is 14.4 Å². The summed E-state index contributed by atoms with van der Waals surface area (Å²) in [6.07, 6.45) is 3.88. The number of aromatic hydroxyl groups is 1. The molecule has 230 valence electrons. The van der Waals surface area contributed by atoms with Crippen molar-refractivity contribution in [2.24, 2.45) is 0 Å². The number of amides is 3. The van der Waals surface area contributed by atoms with Crippen LogP contribution < -0.4 is 10.6 Å². The maximum atomic E-state index is 14.4.